The molecule has 0 bridgehead atoms. The minimum absolute atomic E-state index is 0.257. The van der Waals surface area contributed by atoms with Crippen molar-refractivity contribution < 1.29 is 4.74 Å². The van der Waals surface area contributed by atoms with E-state index in [0.29, 0.717) is 12.1 Å². The van der Waals surface area contributed by atoms with Gasteiger partial charge in [-0.2, -0.15) is 0 Å². The Balaban J connectivity index is 1.75. The topological polar surface area (TPSA) is 35.2 Å². The van der Waals surface area contributed by atoms with Crippen molar-refractivity contribution in [3.05, 3.63) is 28.7 Å². The monoisotopic (exact) mass is 309 g/mol. The van der Waals surface area contributed by atoms with Gasteiger partial charge in [0.05, 0.1) is 4.47 Å². The number of halogens is 1. The Morgan fingerprint density at radius 1 is 1.17 bits per heavy atom. The van der Waals surface area contributed by atoms with Gasteiger partial charge in [0.15, 0.2) is 0 Å². The second kappa shape index (κ2) is 4.86. The van der Waals surface area contributed by atoms with Gasteiger partial charge in [0.25, 0.3) is 0 Å². The fourth-order valence-corrected chi connectivity index (χ4v) is 3.92. The van der Waals surface area contributed by atoms with Crippen LogP contribution >= 0.6 is 15.9 Å². The van der Waals surface area contributed by atoms with Gasteiger partial charge in [-0.05, 0) is 40.9 Å². The maximum atomic E-state index is 6.28. The van der Waals surface area contributed by atoms with Crippen molar-refractivity contribution in [2.75, 3.05) is 0 Å². The fourth-order valence-electron chi connectivity index (χ4n) is 3.54. The summed E-state index contributed by atoms with van der Waals surface area (Å²) in [5.41, 5.74) is 6.54. The molecule has 1 aromatic rings. The lowest BCUT2D eigenvalue weighted by atomic mass is 9.55. The van der Waals surface area contributed by atoms with Crippen LogP contribution in [0.1, 0.15) is 38.5 Å². The van der Waals surface area contributed by atoms with Gasteiger partial charge in [0, 0.05) is 17.9 Å². The summed E-state index contributed by atoms with van der Waals surface area (Å²) in [6.45, 7) is 0. The van der Waals surface area contributed by atoms with Gasteiger partial charge in [0.2, 0.25) is 0 Å². The Labute approximate surface area is 117 Å². The molecule has 2 fully saturated rings. The summed E-state index contributed by atoms with van der Waals surface area (Å²) in [6.07, 6.45) is 7.77. The summed E-state index contributed by atoms with van der Waals surface area (Å²) in [5.74, 6) is 0.958. The molecule has 0 aromatic heterocycles. The molecular formula is C15H20BrNO. The van der Waals surface area contributed by atoms with Crippen LogP contribution in [0.2, 0.25) is 0 Å². The highest BCUT2D eigenvalue weighted by Crippen LogP contribution is 2.52. The highest BCUT2D eigenvalue weighted by atomic mass is 79.9. The smallest absolute Gasteiger partial charge is 0.133 e. The van der Waals surface area contributed by atoms with E-state index in [0.717, 1.165) is 16.6 Å². The van der Waals surface area contributed by atoms with Crippen LogP contribution in [0.3, 0.4) is 0 Å². The molecular weight excluding hydrogens is 290 g/mol. The molecule has 2 atom stereocenters. The summed E-state index contributed by atoms with van der Waals surface area (Å²) in [6, 6.07) is 8.43. The third-order valence-corrected chi connectivity index (χ3v) is 5.39. The first-order valence-corrected chi connectivity index (χ1v) is 7.68. The van der Waals surface area contributed by atoms with E-state index in [9.17, 15) is 0 Å². The molecule has 0 radical (unpaired) electrons. The van der Waals surface area contributed by atoms with E-state index in [2.05, 4.69) is 15.9 Å². The van der Waals surface area contributed by atoms with Crippen molar-refractivity contribution in [2.45, 2.75) is 50.7 Å². The molecule has 0 aliphatic heterocycles. The SMILES string of the molecule is NC1CC(Oc2ccccc2Br)C12CCCCC2. The van der Waals surface area contributed by atoms with Crippen LogP contribution in [0.4, 0.5) is 0 Å². The first kappa shape index (κ1) is 12.5. The van der Waals surface area contributed by atoms with Crippen LogP contribution in [0.25, 0.3) is 0 Å². The summed E-state index contributed by atoms with van der Waals surface area (Å²) >= 11 is 3.55. The van der Waals surface area contributed by atoms with E-state index in [1.165, 1.54) is 32.1 Å². The average molecular weight is 310 g/mol. The normalized spacial score (nSPS) is 29.9. The average Bonchev–Trinajstić information content (AvgIpc) is 2.41. The summed E-state index contributed by atoms with van der Waals surface area (Å²) < 4.78 is 7.26. The minimum Gasteiger partial charge on any atom is -0.489 e. The van der Waals surface area contributed by atoms with Crippen molar-refractivity contribution in [1.82, 2.24) is 0 Å². The Bertz CT molecular complexity index is 428. The standard InChI is InChI=1S/C15H20BrNO/c16-11-6-2-3-7-12(11)18-14-10-13(17)15(14)8-4-1-5-9-15/h2-3,6-7,13-14H,1,4-5,8-10,17H2. The number of benzene rings is 1. The first-order chi connectivity index (χ1) is 8.72. The zero-order chi connectivity index (χ0) is 12.6. The van der Waals surface area contributed by atoms with E-state index >= 15 is 0 Å². The lowest BCUT2D eigenvalue weighted by molar-refractivity contribution is -0.0901. The van der Waals surface area contributed by atoms with Gasteiger partial charge >= 0.3 is 0 Å². The quantitative estimate of drug-likeness (QED) is 0.900. The Morgan fingerprint density at radius 3 is 2.56 bits per heavy atom. The van der Waals surface area contributed by atoms with E-state index in [1.807, 2.05) is 24.3 Å². The van der Waals surface area contributed by atoms with E-state index in [4.69, 9.17) is 10.5 Å². The maximum Gasteiger partial charge on any atom is 0.133 e. The van der Waals surface area contributed by atoms with Gasteiger partial charge in [-0.1, -0.05) is 31.4 Å². The van der Waals surface area contributed by atoms with E-state index in [1.54, 1.807) is 0 Å². The van der Waals surface area contributed by atoms with Crippen molar-refractivity contribution in [3.63, 3.8) is 0 Å². The highest BCUT2D eigenvalue weighted by Gasteiger charge is 2.54. The molecule has 18 heavy (non-hydrogen) atoms. The molecule has 1 aromatic carbocycles. The maximum absolute atomic E-state index is 6.28. The second-order valence-corrected chi connectivity index (χ2v) is 6.53. The molecule has 0 saturated heterocycles. The summed E-state index contributed by atoms with van der Waals surface area (Å²) in [5, 5.41) is 0. The predicted molar refractivity (Wildman–Crippen MR) is 76.7 cm³/mol. The lowest BCUT2D eigenvalue weighted by Crippen LogP contribution is -2.64. The zero-order valence-corrected chi connectivity index (χ0v) is 12.2. The number of para-hydroxylation sites is 1. The first-order valence-electron chi connectivity index (χ1n) is 6.89. The van der Waals surface area contributed by atoms with Crippen molar-refractivity contribution >= 4 is 15.9 Å². The van der Waals surface area contributed by atoms with E-state index < -0.39 is 0 Å². The number of hydrogen-bond acceptors (Lipinski definition) is 2. The van der Waals surface area contributed by atoms with Crippen LogP contribution in [-0.4, -0.2) is 12.1 Å². The largest absolute Gasteiger partial charge is 0.489 e. The lowest BCUT2D eigenvalue weighted by Gasteiger charge is -2.56. The minimum atomic E-state index is 0.257. The van der Waals surface area contributed by atoms with Gasteiger partial charge in [-0.15, -0.1) is 0 Å². The number of ether oxygens (including phenoxy) is 1. The van der Waals surface area contributed by atoms with Crippen molar-refractivity contribution in [1.29, 1.82) is 0 Å². The second-order valence-electron chi connectivity index (χ2n) is 5.67. The molecule has 2 unspecified atom stereocenters. The summed E-state index contributed by atoms with van der Waals surface area (Å²) in [7, 11) is 0. The molecule has 2 nitrogen and oxygen atoms in total. The number of nitrogens with two attached hydrogens (primary N) is 1. The number of hydrogen-bond donors (Lipinski definition) is 1. The zero-order valence-electron chi connectivity index (χ0n) is 10.6. The van der Waals surface area contributed by atoms with Gasteiger partial charge < -0.3 is 10.5 Å². The molecule has 3 rings (SSSR count). The molecule has 1 spiro atoms. The van der Waals surface area contributed by atoms with Gasteiger partial charge in [0.1, 0.15) is 11.9 Å². The van der Waals surface area contributed by atoms with Crippen LogP contribution < -0.4 is 10.5 Å². The Kier molecular flexibility index (Phi) is 3.37. The highest BCUT2D eigenvalue weighted by molar-refractivity contribution is 9.10. The third kappa shape index (κ3) is 1.97. The predicted octanol–water partition coefficient (Wildman–Crippen LogP) is 3.88. The molecule has 98 valence electrons. The molecule has 2 N–H and O–H groups in total. The Morgan fingerprint density at radius 2 is 1.89 bits per heavy atom. The van der Waals surface area contributed by atoms with Crippen LogP contribution in [0.15, 0.2) is 28.7 Å². The van der Waals surface area contributed by atoms with Crippen LogP contribution in [0.5, 0.6) is 5.75 Å². The van der Waals surface area contributed by atoms with Crippen molar-refractivity contribution in [3.8, 4) is 5.75 Å². The molecule has 3 heteroatoms. The van der Waals surface area contributed by atoms with Gasteiger partial charge in [-0.25, -0.2) is 0 Å². The molecule has 2 aliphatic carbocycles. The molecule has 0 amide bonds. The third-order valence-electron chi connectivity index (χ3n) is 4.74. The molecule has 2 saturated carbocycles. The summed E-state index contributed by atoms with van der Waals surface area (Å²) in [4.78, 5) is 0. The molecule has 2 aliphatic rings. The van der Waals surface area contributed by atoms with Crippen LogP contribution in [0, 0.1) is 5.41 Å². The number of rotatable bonds is 2. The molecule has 0 heterocycles. The Hall–Kier alpha value is -0.540. The van der Waals surface area contributed by atoms with Gasteiger partial charge in [-0.3, -0.25) is 0 Å². The fraction of sp³-hybridized carbons (Fsp3) is 0.600. The van der Waals surface area contributed by atoms with Crippen LogP contribution in [-0.2, 0) is 0 Å². The van der Waals surface area contributed by atoms with Crippen molar-refractivity contribution in [2.24, 2.45) is 11.1 Å². The van der Waals surface area contributed by atoms with E-state index in [-0.39, 0.29) is 5.41 Å².